The molecule has 12 rings (SSSR count). The fourth-order valence-corrected chi connectivity index (χ4v) is 11.1. The van der Waals surface area contributed by atoms with Gasteiger partial charge in [-0.15, -0.1) is 22.7 Å². The monoisotopic (exact) mass is 799 g/mol. The van der Waals surface area contributed by atoms with Gasteiger partial charge in [0.15, 0.2) is 5.82 Å². The lowest BCUT2D eigenvalue weighted by Gasteiger charge is -2.14. The zero-order chi connectivity index (χ0) is 39.6. The summed E-state index contributed by atoms with van der Waals surface area (Å²) in [6.45, 7) is 0. The van der Waals surface area contributed by atoms with Crippen molar-refractivity contribution in [3.8, 4) is 67.3 Å². The molecular formula is C55H33N3S2. The predicted molar refractivity (Wildman–Crippen MR) is 256 cm³/mol. The molecule has 0 N–H and O–H groups in total. The highest BCUT2D eigenvalue weighted by Gasteiger charge is 2.18. The highest BCUT2D eigenvalue weighted by Crippen LogP contribution is 2.45. The molecule has 0 spiro atoms. The number of para-hydroxylation sites is 1. The lowest BCUT2D eigenvalue weighted by atomic mass is 9.94. The summed E-state index contributed by atoms with van der Waals surface area (Å²) in [5, 5.41) is 6.27. The van der Waals surface area contributed by atoms with Gasteiger partial charge < -0.3 is 0 Å². The Morgan fingerprint density at radius 1 is 0.317 bits per heavy atom. The molecule has 0 saturated heterocycles. The highest BCUT2D eigenvalue weighted by atomic mass is 32.1. The maximum Gasteiger partial charge on any atom is 0.160 e. The third kappa shape index (κ3) is 5.90. The van der Waals surface area contributed by atoms with E-state index >= 15 is 0 Å². The van der Waals surface area contributed by atoms with Gasteiger partial charge in [-0.05, 0) is 81.9 Å². The molecule has 0 aliphatic heterocycles. The lowest BCUT2D eigenvalue weighted by Crippen LogP contribution is -1.97. The number of rotatable bonds is 6. The fourth-order valence-electron chi connectivity index (χ4n) is 8.67. The van der Waals surface area contributed by atoms with Crippen molar-refractivity contribution < 1.29 is 0 Å². The van der Waals surface area contributed by atoms with E-state index < -0.39 is 0 Å². The Labute approximate surface area is 354 Å². The molecule has 12 aromatic rings. The van der Waals surface area contributed by atoms with Gasteiger partial charge in [0.1, 0.15) is 0 Å². The summed E-state index contributed by atoms with van der Waals surface area (Å²) in [6, 6.07) is 69.5. The Balaban J connectivity index is 1.07. The summed E-state index contributed by atoms with van der Waals surface area (Å²) in [6.07, 6.45) is 1.89. The molecule has 60 heavy (non-hydrogen) atoms. The van der Waals surface area contributed by atoms with Gasteiger partial charge in [-0.2, -0.15) is 0 Å². The van der Waals surface area contributed by atoms with Crippen LogP contribution in [0, 0.1) is 0 Å². The Morgan fingerprint density at radius 2 is 0.817 bits per heavy atom. The second-order valence-electron chi connectivity index (χ2n) is 15.1. The summed E-state index contributed by atoms with van der Waals surface area (Å²) in [4.78, 5) is 15.3. The Hall–Kier alpha value is -7.31. The van der Waals surface area contributed by atoms with Crippen molar-refractivity contribution in [3.63, 3.8) is 0 Å². The van der Waals surface area contributed by atoms with Crippen molar-refractivity contribution in [3.05, 3.63) is 200 Å². The van der Waals surface area contributed by atoms with Gasteiger partial charge in [0.05, 0.1) is 16.9 Å². The first-order chi connectivity index (χ1) is 29.7. The van der Waals surface area contributed by atoms with Gasteiger partial charge in [0, 0.05) is 68.6 Å². The minimum atomic E-state index is 0.686. The van der Waals surface area contributed by atoms with E-state index in [4.69, 9.17) is 9.97 Å². The quantitative estimate of drug-likeness (QED) is 0.168. The van der Waals surface area contributed by atoms with E-state index in [2.05, 4.69) is 187 Å². The SMILES string of the molecule is c1ccc(-c2cc(-c3ccc(-c4ccnc5ccccc45)cc3)nc(-c3cc(-c4cccc5c4sc4ccccc45)cc(-c4cccc5c4sc4ccccc45)c3)n2)cc1. The number of nitrogens with zero attached hydrogens (tertiary/aromatic N) is 3. The third-order valence-corrected chi connectivity index (χ3v) is 14.0. The molecule has 280 valence electrons. The van der Waals surface area contributed by atoms with Gasteiger partial charge in [0.25, 0.3) is 0 Å². The molecule has 4 heterocycles. The maximum atomic E-state index is 5.40. The van der Waals surface area contributed by atoms with Crippen LogP contribution >= 0.6 is 22.7 Å². The van der Waals surface area contributed by atoms with Crippen LogP contribution in [-0.4, -0.2) is 15.0 Å². The van der Waals surface area contributed by atoms with Crippen LogP contribution in [0.5, 0.6) is 0 Å². The van der Waals surface area contributed by atoms with Crippen molar-refractivity contribution in [1.29, 1.82) is 0 Å². The molecule has 0 aliphatic carbocycles. The minimum Gasteiger partial charge on any atom is -0.256 e. The Kier molecular flexibility index (Phi) is 8.22. The molecule has 8 aromatic carbocycles. The fraction of sp³-hybridized carbons (Fsp3) is 0. The van der Waals surface area contributed by atoms with Crippen LogP contribution in [0.3, 0.4) is 0 Å². The standard InChI is InChI=1S/C55H33N3S2/c1-2-12-35(13-3-1)49-33-50(36-26-24-34(25-27-36)40-28-29-56-48-21-7-4-14-43(40)48)58-55(57-49)39-31-37(41-17-10-19-46-44-15-5-8-22-51(44)59-53(41)46)30-38(32-39)42-18-11-20-47-45-16-6-9-23-52(45)60-54(42)47/h1-33H. The van der Waals surface area contributed by atoms with Crippen molar-refractivity contribution >= 4 is 73.9 Å². The van der Waals surface area contributed by atoms with Gasteiger partial charge >= 0.3 is 0 Å². The molecule has 0 saturated carbocycles. The maximum absolute atomic E-state index is 5.40. The van der Waals surface area contributed by atoms with Crippen LogP contribution in [-0.2, 0) is 0 Å². The molecule has 0 fully saturated rings. The van der Waals surface area contributed by atoms with E-state index in [0.717, 1.165) is 61.2 Å². The second kappa shape index (κ2) is 14.2. The average molecular weight is 800 g/mol. The molecule has 4 aromatic heterocycles. The van der Waals surface area contributed by atoms with Crippen LogP contribution in [0.15, 0.2) is 200 Å². The normalized spacial score (nSPS) is 11.7. The summed E-state index contributed by atoms with van der Waals surface area (Å²) >= 11 is 3.72. The largest absolute Gasteiger partial charge is 0.256 e. The van der Waals surface area contributed by atoms with Gasteiger partial charge in [-0.25, -0.2) is 9.97 Å². The molecule has 0 atom stereocenters. The van der Waals surface area contributed by atoms with E-state index in [1.807, 2.05) is 41.0 Å². The summed E-state index contributed by atoms with van der Waals surface area (Å²) in [5.41, 5.74) is 12.8. The van der Waals surface area contributed by atoms with Crippen LogP contribution < -0.4 is 0 Å². The van der Waals surface area contributed by atoms with Crippen LogP contribution in [0.4, 0.5) is 0 Å². The lowest BCUT2D eigenvalue weighted by molar-refractivity contribution is 1.18. The zero-order valence-electron chi connectivity index (χ0n) is 32.2. The average Bonchev–Trinajstić information content (AvgIpc) is 3.90. The molecule has 0 amide bonds. The number of pyridine rings is 1. The molecule has 0 bridgehead atoms. The number of thiophene rings is 2. The number of hydrogen-bond donors (Lipinski definition) is 0. The second-order valence-corrected chi connectivity index (χ2v) is 17.2. The van der Waals surface area contributed by atoms with Crippen LogP contribution in [0.2, 0.25) is 0 Å². The van der Waals surface area contributed by atoms with Crippen molar-refractivity contribution in [2.75, 3.05) is 0 Å². The Bertz CT molecular complexity index is 3470. The Morgan fingerprint density at radius 3 is 1.45 bits per heavy atom. The van der Waals surface area contributed by atoms with Gasteiger partial charge in [-0.3, -0.25) is 4.98 Å². The molecular weight excluding hydrogens is 767 g/mol. The van der Waals surface area contributed by atoms with Gasteiger partial charge in [0.2, 0.25) is 0 Å². The number of benzene rings is 8. The first-order valence-electron chi connectivity index (χ1n) is 20.1. The molecule has 3 nitrogen and oxygen atoms in total. The van der Waals surface area contributed by atoms with Crippen molar-refractivity contribution in [2.24, 2.45) is 0 Å². The number of fused-ring (bicyclic) bond motifs is 7. The first kappa shape index (κ1) is 34.7. The minimum absolute atomic E-state index is 0.686. The van der Waals surface area contributed by atoms with Crippen molar-refractivity contribution in [1.82, 2.24) is 15.0 Å². The smallest absolute Gasteiger partial charge is 0.160 e. The molecule has 0 aliphatic rings. The van der Waals surface area contributed by atoms with Gasteiger partial charge in [-0.1, -0.05) is 146 Å². The number of aromatic nitrogens is 3. The van der Waals surface area contributed by atoms with Crippen molar-refractivity contribution in [2.45, 2.75) is 0 Å². The van der Waals surface area contributed by atoms with Crippen LogP contribution in [0.1, 0.15) is 0 Å². The molecule has 0 radical (unpaired) electrons. The van der Waals surface area contributed by atoms with Crippen LogP contribution in [0.25, 0.3) is 119 Å². The summed E-state index contributed by atoms with van der Waals surface area (Å²) in [5.74, 6) is 0.686. The van der Waals surface area contributed by atoms with E-state index in [1.54, 1.807) is 0 Å². The first-order valence-corrected chi connectivity index (χ1v) is 21.7. The van der Waals surface area contributed by atoms with E-state index in [9.17, 15) is 0 Å². The number of hydrogen-bond acceptors (Lipinski definition) is 5. The predicted octanol–water partition coefficient (Wildman–Crippen LogP) is 15.8. The van der Waals surface area contributed by atoms with E-state index in [-0.39, 0.29) is 0 Å². The summed E-state index contributed by atoms with van der Waals surface area (Å²) in [7, 11) is 0. The third-order valence-electron chi connectivity index (χ3n) is 11.6. The van der Waals surface area contributed by atoms with E-state index in [0.29, 0.717) is 5.82 Å². The highest BCUT2D eigenvalue weighted by molar-refractivity contribution is 7.26. The topological polar surface area (TPSA) is 38.7 Å². The summed E-state index contributed by atoms with van der Waals surface area (Å²) < 4.78 is 5.14. The molecule has 0 unspecified atom stereocenters. The van der Waals surface area contributed by atoms with E-state index in [1.165, 1.54) is 51.5 Å². The molecule has 5 heteroatoms. The zero-order valence-corrected chi connectivity index (χ0v) is 33.8.